The van der Waals surface area contributed by atoms with Gasteiger partial charge in [-0.15, -0.1) is 0 Å². The summed E-state index contributed by atoms with van der Waals surface area (Å²) in [4.78, 5) is 4.37. The second kappa shape index (κ2) is 4.60. The molecule has 78 valence electrons. The van der Waals surface area contributed by atoms with Crippen molar-refractivity contribution in [1.82, 2.24) is 4.98 Å². The number of nitrogens with two attached hydrogens (primary N) is 1. The number of benzene rings is 1. The molecule has 0 atom stereocenters. The molecule has 3 heteroatoms. The number of hydrogen-bond acceptors (Lipinski definition) is 2. The minimum atomic E-state index is 0.693. The third-order valence-electron chi connectivity index (χ3n) is 2.43. The molecule has 2 aromatic rings. The van der Waals surface area contributed by atoms with E-state index < -0.39 is 0 Å². The number of rotatable bonds is 3. The van der Waals surface area contributed by atoms with Gasteiger partial charge in [0.1, 0.15) is 0 Å². The molecule has 0 saturated heterocycles. The van der Waals surface area contributed by atoms with Crippen molar-refractivity contribution in [2.24, 2.45) is 5.73 Å². The topological polar surface area (TPSA) is 38.9 Å². The summed E-state index contributed by atoms with van der Waals surface area (Å²) in [6, 6.07) is 7.88. The normalized spacial score (nSPS) is 10.8. The van der Waals surface area contributed by atoms with Crippen LogP contribution >= 0.6 is 11.6 Å². The van der Waals surface area contributed by atoms with Crippen molar-refractivity contribution >= 4 is 22.4 Å². The molecule has 0 spiro atoms. The van der Waals surface area contributed by atoms with Gasteiger partial charge in [0.2, 0.25) is 0 Å². The number of aromatic nitrogens is 1. The maximum atomic E-state index is 5.97. The monoisotopic (exact) mass is 220 g/mol. The molecule has 15 heavy (non-hydrogen) atoms. The van der Waals surface area contributed by atoms with Crippen LogP contribution in [0, 0.1) is 0 Å². The standard InChI is InChI=1S/C12H13ClN2/c13-10-4-3-9-5-7-15-12(2-1-6-14)11(9)8-10/h3-5,7-8H,1-2,6,14H2. The zero-order chi connectivity index (χ0) is 10.7. The molecule has 0 unspecified atom stereocenters. The maximum Gasteiger partial charge on any atom is 0.0482 e. The smallest absolute Gasteiger partial charge is 0.0482 e. The van der Waals surface area contributed by atoms with Crippen molar-refractivity contribution in [3.63, 3.8) is 0 Å². The maximum absolute atomic E-state index is 5.97. The highest BCUT2D eigenvalue weighted by Crippen LogP contribution is 2.21. The first kappa shape index (κ1) is 10.4. The Bertz CT molecular complexity index is 468. The van der Waals surface area contributed by atoms with Gasteiger partial charge in [-0.3, -0.25) is 4.98 Å². The van der Waals surface area contributed by atoms with Crippen LogP contribution in [-0.4, -0.2) is 11.5 Å². The zero-order valence-electron chi connectivity index (χ0n) is 8.41. The second-order valence-corrected chi connectivity index (χ2v) is 3.95. The summed E-state index contributed by atoms with van der Waals surface area (Å²) in [5.74, 6) is 0. The third kappa shape index (κ3) is 2.28. The molecule has 0 fully saturated rings. The fourth-order valence-electron chi connectivity index (χ4n) is 1.67. The molecule has 2 N–H and O–H groups in total. The lowest BCUT2D eigenvalue weighted by Crippen LogP contribution is -2.01. The van der Waals surface area contributed by atoms with Crippen molar-refractivity contribution in [1.29, 1.82) is 0 Å². The molecule has 0 saturated carbocycles. The van der Waals surface area contributed by atoms with E-state index in [4.69, 9.17) is 17.3 Å². The molecule has 1 heterocycles. The van der Waals surface area contributed by atoms with Crippen LogP contribution in [0.1, 0.15) is 12.1 Å². The fraction of sp³-hybridized carbons (Fsp3) is 0.250. The zero-order valence-corrected chi connectivity index (χ0v) is 9.17. The van der Waals surface area contributed by atoms with Crippen molar-refractivity contribution < 1.29 is 0 Å². The SMILES string of the molecule is NCCCc1nccc2ccc(Cl)cc12. The molecule has 1 aromatic carbocycles. The van der Waals surface area contributed by atoms with Gasteiger partial charge in [-0.05, 0) is 43.0 Å². The lowest BCUT2D eigenvalue weighted by Gasteiger charge is -2.05. The van der Waals surface area contributed by atoms with Gasteiger partial charge < -0.3 is 5.73 Å². The van der Waals surface area contributed by atoms with E-state index in [2.05, 4.69) is 4.98 Å². The minimum absolute atomic E-state index is 0.693. The molecule has 0 aliphatic rings. The van der Waals surface area contributed by atoms with Crippen molar-refractivity contribution in [3.8, 4) is 0 Å². The van der Waals surface area contributed by atoms with Gasteiger partial charge in [0.25, 0.3) is 0 Å². The highest BCUT2D eigenvalue weighted by Gasteiger charge is 2.02. The predicted octanol–water partition coefficient (Wildman–Crippen LogP) is 2.78. The largest absolute Gasteiger partial charge is 0.330 e. The summed E-state index contributed by atoms with van der Waals surface area (Å²) in [7, 11) is 0. The van der Waals surface area contributed by atoms with Crippen LogP contribution in [0.25, 0.3) is 10.8 Å². The van der Waals surface area contributed by atoms with Crippen molar-refractivity contribution in [2.75, 3.05) is 6.54 Å². The summed E-state index contributed by atoms with van der Waals surface area (Å²) in [6.07, 6.45) is 3.70. The quantitative estimate of drug-likeness (QED) is 0.864. The summed E-state index contributed by atoms with van der Waals surface area (Å²) < 4.78 is 0. The van der Waals surface area contributed by atoms with Gasteiger partial charge in [-0.2, -0.15) is 0 Å². The third-order valence-corrected chi connectivity index (χ3v) is 2.66. The Morgan fingerprint density at radius 1 is 1.27 bits per heavy atom. The van der Waals surface area contributed by atoms with Crippen molar-refractivity contribution in [3.05, 3.63) is 41.2 Å². The summed E-state index contributed by atoms with van der Waals surface area (Å²) in [5.41, 5.74) is 6.58. The van der Waals surface area contributed by atoms with Gasteiger partial charge in [-0.1, -0.05) is 17.7 Å². The lowest BCUT2D eigenvalue weighted by atomic mass is 10.1. The number of halogens is 1. The van der Waals surface area contributed by atoms with Gasteiger partial charge in [-0.25, -0.2) is 0 Å². The average Bonchev–Trinajstić information content (AvgIpc) is 2.26. The Labute approximate surface area is 94.1 Å². The van der Waals surface area contributed by atoms with E-state index >= 15 is 0 Å². The first-order valence-electron chi connectivity index (χ1n) is 5.04. The van der Waals surface area contributed by atoms with Gasteiger partial charge in [0, 0.05) is 22.3 Å². The fourth-order valence-corrected chi connectivity index (χ4v) is 1.84. The Balaban J connectivity index is 2.48. The van der Waals surface area contributed by atoms with Crippen LogP contribution in [0.4, 0.5) is 0 Å². The molecule has 0 aliphatic carbocycles. The van der Waals surface area contributed by atoms with E-state index in [9.17, 15) is 0 Å². The van der Waals surface area contributed by atoms with E-state index in [0.29, 0.717) is 6.54 Å². The molecular formula is C12H13ClN2. The minimum Gasteiger partial charge on any atom is -0.330 e. The van der Waals surface area contributed by atoms with Crippen molar-refractivity contribution in [2.45, 2.75) is 12.8 Å². The van der Waals surface area contributed by atoms with Gasteiger partial charge in [0.05, 0.1) is 0 Å². The molecule has 0 radical (unpaired) electrons. The van der Waals surface area contributed by atoms with Crippen LogP contribution in [0.5, 0.6) is 0 Å². The van der Waals surface area contributed by atoms with Crippen LogP contribution < -0.4 is 5.73 Å². The highest BCUT2D eigenvalue weighted by molar-refractivity contribution is 6.31. The van der Waals surface area contributed by atoms with Gasteiger partial charge in [0.15, 0.2) is 0 Å². The number of aryl methyl sites for hydroxylation is 1. The number of fused-ring (bicyclic) bond motifs is 1. The molecule has 0 aliphatic heterocycles. The molecule has 2 nitrogen and oxygen atoms in total. The first-order valence-corrected chi connectivity index (χ1v) is 5.42. The predicted molar refractivity (Wildman–Crippen MR) is 64.1 cm³/mol. The summed E-state index contributed by atoms with van der Waals surface area (Å²) in [5, 5.41) is 3.07. The van der Waals surface area contributed by atoms with E-state index in [1.54, 1.807) is 0 Å². The van der Waals surface area contributed by atoms with E-state index in [-0.39, 0.29) is 0 Å². The summed E-state index contributed by atoms with van der Waals surface area (Å²) in [6.45, 7) is 0.693. The van der Waals surface area contributed by atoms with E-state index in [1.165, 1.54) is 5.39 Å². The Kier molecular flexibility index (Phi) is 3.19. The van der Waals surface area contributed by atoms with Crippen LogP contribution in [0.2, 0.25) is 5.02 Å². The van der Waals surface area contributed by atoms with E-state index in [1.807, 2.05) is 30.5 Å². The Hall–Kier alpha value is -1.12. The second-order valence-electron chi connectivity index (χ2n) is 3.52. The molecule has 2 rings (SSSR count). The lowest BCUT2D eigenvalue weighted by molar-refractivity contribution is 0.817. The summed E-state index contributed by atoms with van der Waals surface area (Å²) >= 11 is 5.97. The highest BCUT2D eigenvalue weighted by atomic mass is 35.5. The molecular weight excluding hydrogens is 208 g/mol. The molecule has 1 aromatic heterocycles. The first-order chi connectivity index (χ1) is 7.31. The number of nitrogens with zero attached hydrogens (tertiary/aromatic N) is 1. The van der Waals surface area contributed by atoms with E-state index in [0.717, 1.165) is 28.9 Å². The van der Waals surface area contributed by atoms with Crippen LogP contribution in [-0.2, 0) is 6.42 Å². The van der Waals surface area contributed by atoms with Crippen LogP contribution in [0.3, 0.4) is 0 Å². The van der Waals surface area contributed by atoms with Crippen LogP contribution in [0.15, 0.2) is 30.5 Å². The number of pyridine rings is 1. The average molecular weight is 221 g/mol. The number of hydrogen-bond donors (Lipinski definition) is 1. The molecule has 0 bridgehead atoms. The Morgan fingerprint density at radius 2 is 2.13 bits per heavy atom. The Morgan fingerprint density at radius 3 is 2.93 bits per heavy atom. The van der Waals surface area contributed by atoms with Gasteiger partial charge >= 0.3 is 0 Å². The molecule has 0 amide bonds.